The second kappa shape index (κ2) is 7.07. The third kappa shape index (κ3) is 5.00. The normalized spacial score (nSPS) is 10.0. The fourth-order valence-corrected chi connectivity index (χ4v) is 1.56. The summed E-state index contributed by atoms with van der Waals surface area (Å²) in [6, 6.07) is 6.82. The van der Waals surface area contributed by atoms with Crippen molar-refractivity contribution >= 4 is 23.4 Å². The van der Waals surface area contributed by atoms with Gasteiger partial charge < -0.3 is 4.74 Å². The zero-order valence-corrected chi connectivity index (χ0v) is 10.5. The van der Waals surface area contributed by atoms with Gasteiger partial charge in [-0.05, 0) is 37.1 Å². The van der Waals surface area contributed by atoms with Crippen molar-refractivity contribution in [2.45, 2.75) is 25.7 Å². The van der Waals surface area contributed by atoms with Crippen LogP contribution in [-0.2, 0) is 9.53 Å². The van der Waals surface area contributed by atoms with E-state index in [-0.39, 0.29) is 11.8 Å². The quantitative estimate of drug-likeness (QED) is 0.445. The number of halogens is 1. The summed E-state index contributed by atoms with van der Waals surface area (Å²) in [5, 5.41) is 0.618. The second-order valence-electron chi connectivity index (χ2n) is 3.71. The number of carbonyl (C=O) groups excluding carboxylic acids is 2. The molecule has 0 spiro atoms. The van der Waals surface area contributed by atoms with Gasteiger partial charge in [0.1, 0.15) is 0 Å². The van der Waals surface area contributed by atoms with Crippen LogP contribution in [0.15, 0.2) is 24.3 Å². The minimum absolute atomic E-state index is 0.0755. The van der Waals surface area contributed by atoms with Crippen molar-refractivity contribution in [3.8, 4) is 0 Å². The Kier molecular flexibility index (Phi) is 5.70. The van der Waals surface area contributed by atoms with E-state index in [0.717, 1.165) is 0 Å². The van der Waals surface area contributed by atoms with E-state index in [1.54, 1.807) is 24.3 Å². The van der Waals surface area contributed by atoms with Gasteiger partial charge in [-0.2, -0.15) is 0 Å². The number of rotatable bonds is 6. The molecule has 0 atom stereocenters. The van der Waals surface area contributed by atoms with E-state index < -0.39 is 0 Å². The molecule has 0 unspecified atom stereocenters. The van der Waals surface area contributed by atoms with Gasteiger partial charge in [-0.15, -0.1) is 0 Å². The predicted octanol–water partition coefficient (Wildman–Crippen LogP) is 3.26. The van der Waals surface area contributed by atoms with E-state index in [9.17, 15) is 9.59 Å². The molecule has 0 amide bonds. The van der Waals surface area contributed by atoms with Crippen molar-refractivity contribution < 1.29 is 14.3 Å². The summed E-state index contributed by atoms with van der Waals surface area (Å²) < 4.78 is 4.52. The molecule has 1 aromatic rings. The first-order valence-corrected chi connectivity index (χ1v) is 5.87. The Morgan fingerprint density at radius 2 is 1.71 bits per heavy atom. The molecule has 0 radical (unpaired) electrons. The molecule has 0 N–H and O–H groups in total. The molecule has 1 aromatic carbocycles. The van der Waals surface area contributed by atoms with Crippen LogP contribution >= 0.6 is 11.6 Å². The maximum absolute atomic E-state index is 11.7. The Morgan fingerprint density at radius 3 is 2.29 bits per heavy atom. The Hall–Kier alpha value is -1.35. The van der Waals surface area contributed by atoms with Crippen LogP contribution in [0.1, 0.15) is 36.0 Å². The van der Waals surface area contributed by atoms with Gasteiger partial charge in [0.25, 0.3) is 0 Å². The van der Waals surface area contributed by atoms with Crippen molar-refractivity contribution in [2.75, 3.05) is 7.11 Å². The lowest BCUT2D eigenvalue weighted by Gasteiger charge is -2.01. The van der Waals surface area contributed by atoms with Gasteiger partial charge in [0.2, 0.25) is 0 Å². The maximum atomic E-state index is 11.7. The van der Waals surface area contributed by atoms with E-state index >= 15 is 0 Å². The molecule has 0 aliphatic rings. The van der Waals surface area contributed by atoms with Crippen LogP contribution in [0, 0.1) is 0 Å². The number of esters is 1. The first-order chi connectivity index (χ1) is 8.13. The smallest absolute Gasteiger partial charge is 0.305 e. The van der Waals surface area contributed by atoms with Crippen LogP contribution in [0.25, 0.3) is 0 Å². The molecule has 0 aliphatic heterocycles. The van der Waals surface area contributed by atoms with Crippen LogP contribution in [0.4, 0.5) is 0 Å². The van der Waals surface area contributed by atoms with E-state index in [1.165, 1.54) is 7.11 Å². The standard InChI is InChI=1S/C13H15ClO3/c1-17-13(16)5-3-2-4-12(15)10-6-8-11(14)9-7-10/h6-9H,2-5H2,1H3. The summed E-state index contributed by atoms with van der Waals surface area (Å²) in [5.74, 6) is -0.157. The molecular formula is C13H15ClO3. The molecule has 0 aromatic heterocycles. The SMILES string of the molecule is COC(=O)CCCCC(=O)c1ccc(Cl)cc1. The molecule has 92 valence electrons. The van der Waals surface area contributed by atoms with Crippen molar-refractivity contribution in [1.82, 2.24) is 0 Å². The van der Waals surface area contributed by atoms with Crippen LogP contribution < -0.4 is 0 Å². The monoisotopic (exact) mass is 254 g/mol. The van der Waals surface area contributed by atoms with Crippen molar-refractivity contribution in [2.24, 2.45) is 0 Å². The molecular weight excluding hydrogens is 240 g/mol. The predicted molar refractivity (Wildman–Crippen MR) is 66.3 cm³/mol. The number of methoxy groups -OCH3 is 1. The van der Waals surface area contributed by atoms with Crippen LogP contribution in [0.5, 0.6) is 0 Å². The lowest BCUT2D eigenvalue weighted by Crippen LogP contribution is -2.02. The lowest BCUT2D eigenvalue weighted by molar-refractivity contribution is -0.140. The fourth-order valence-electron chi connectivity index (χ4n) is 1.44. The minimum atomic E-state index is -0.232. The van der Waals surface area contributed by atoms with Crippen LogP contribution in [0.2, 0.25) is 5.02 Å². The number of carbonyl (C=O) groups is 2. The third-order valence-corrected chi connectivity index (χ3v) is 2.68. The molecule has 0 saturated heterocycles. The van der Waals surface area contributed by atoms with Gasteiger partial charge in [0, 0.05) is 23.4 Å². The largest absolute Gasteiger partial charge is 0.469 e. The number of benzene rings is 1. The lowest BCUT2D eigenvalue weighted by atomic mass is 10.0. The number of Topliss-reactive ketones (excluding diaryl/α,β-unsaturated/α-hetero) is 1. The number of hydrogen-bond donors (Lipinski definition) is 0. The molecule has 3 nitrogen and oxygen atoms in total. The van der Waals surface area contributed by atoms with Crippen molar-refractivity contribution in [1.29, 1.82) is 0 Å². The number of hydrogen-bond acceptors (Lipinski definition) is 3. The highest BCUT2D eigenvalue weighted by Gasteiger charge is 2.06. The highest BCUT2D eigenvalue weighted by molar-refractivity contribution is 6.30. The van der Waals surface area contributed by atoms with Gasteiger partial charge in [-0.1, -0.05) is 11.6 Å². The molecule has 0 saturated carbocycles. The zero-order chi connectivity index (χ0) is 12.7. The molecule has 1 rings (SSSR count). The number of ketones is 1. The topological polar surface area (TPSA) is 43.4 Å². The van der Waals surface area contributed by atoms with Gasteiger partial charge in [0.15, 0.2) is 5.78 Å². The van der Waals surface area contributed by atoms with E-state index in [0.29, 0.717) is 36.3 Å². The van der Waals surface area contributed by atoms with Crippen molar-refractivity contribution in [3.63, 3.8) is 0 Å². The summed E-state index contributed by atoms with van der Waals surface area (Å²) in [6.07, 6.45) is 2.17. The number of ether oxygens (including phenoxy) is 1. The van der Waals surface area contributed by atoms with E-state index in [4.69, 9.17) is 11.6 Å². The zero-order valence-electron chi connectivity index (χ0n) is 9.74. The average Bonchev–Trinajstić information content (AvgIpc) is 2.34. The first kappa shape index (κ1) is 13.7. The summed E-state index contributed by atoms with van der Waals surface area (Å²) in [5.41, 5.74) is 0.660. The van der Waals surface area contributed by atoms with Crippen LogP contribution in [0.3, 0.4) is 0 Å². The van der Waals surface area contributed by atoms with Gasteiger partial charge >= 0.3 is 5.97 Å². The molecule has 17 heavy (non-hydrogen) atoms. The van der Waals surface area contributed by atoms with E-state index in [2.05, 4.69) is 4.74 Å². The van der Waals surface area contributed by atoms with Crippen molar-refractivity contribution in [3.05, 3.63) is 34.9 Å². The molecule has 0 bridgehead atoms. The molecule has 0 fully saturated rings. The second-order valence-corrected chi connectivity index (χ2v) is 4.15. The van der Waals surface area contributed by atoms with Gasteiger partial charge in [0.05, 0.1) is 7.11 Å². The third-order valence-electron chi connectivity index (χ3n) is 2.43. The molecule has 0 heterocycles. The minimum Gasteiger partial charge on any atom is -0.469 e. The molecule has 4 heteroatoms. The van der Waals surface area contributed by atoms with E-state index in [1.807, 2.05) is 0 Å². The Balaban J connectivity index is 2.30. The summed E-state index contributed by atoms with van der Waals surface area (Å²) in [6.45, 7) is 0. The maximum Gasteiger partial charge on any atom is 0.305 e. The summed E-state index contributed by atoms with van der Waals surface area (Å²) in [4.78, 5) is 22.6. The highest BCUT2D eigenvalue weighted by atomic mass is 35.5. The fraction of sp³-hybridized carbons (Fsp3) is 0.385. The summed E-state index contributed by atoms with van der Waals surface area (Å²) >= 11 is 5.73. The Labute approximate surface area is 106 Å². The van der Waals surface area contributed by atoms with Crippen LogP contribution in [-0.4, -0.2) is 18.9 Å². The number of unbranched alkanes of at least 4 members (excludes halogenated alkanes) is 1. The average molecular weight is 255 g/mol. The Morgan fingerprint density at radius 1 is 1.12 bits per heavy atom. The molecule has 0 aliphatic carbocycles. The van der Waals surface area contributed by atoms with Gasteiger partial charge in [-0.25, -0.2) is 0 Å². The highest BCUT2D eigenvalue weighted by Crippen LogP contribution is 2.12. The summed E-state index contributed by atoms with van der Waals surface area (Å²) in [7, 11) is 1.36. The van der Waals surface area contributed by atoms with Gasteiger partial charge in [-0.3, -0.25) is 9.59 Å². The Bertz CT molecular complexity index is 384. The first-order valence-electron chi connectivity index (χ1n) is 5.49.